The van der Waals surface area contributed by atoms with Crippen LogP contribution in [0.2, 0.25) is 0 Å². The van der Waals surface area contributed by atoms with Gasteiger partial charge in [-0.15, -0.1) is 11.3 Å². The number of hydrogen-bond donors (Lipinski definition) is 1. The van der Waals surface area contributed by atoms with Crippen molar-refractivity contribution in [3.8, 4) is 10.8 Å². The Labute approximate surface area is 146 Å². The molecule has 2 unspecified atom stereocenters. The lowest BCUT2D eigenvalue weighted by molar-refractivity contribution is 0.0217. The molecule has 3 saturated heterocycles. The first-order valence-corrected chi connectivity index (χ1v) is 9.45. The quantitative estimate of drug-likeness (QED) is 0.920. The lowest BCUT2D eigenvalue weighted by Crippen LogP contribution is -2.62. The SMILES string of the molecule is CC1C(NC(=O)c2ccc(Oc3cccs3)cc2)C2CCN1CC2. The van der Waals surface area contributed by atoms with Crippen molar-refractivity contribution in [2.24, 2.45) is 5.92 Å². The van der Waals surface area contributed by atoms with Crippen molar-refractivity contribution in [1.82, 2.24) is 10.2 Å². The van der Waals surface area contributed by atoms with Crippen molar-refractivity contribution < 1.29 is 9.53 Å². The van der Waals surface area contributed by atoms with E-state index in [-0.39, 0.29) is 11.9 Å². The van der Waals surface area contributed by atoms with Crippen LogP contribution in [0.4, 0.5) is 0 Å². The Morgan fingerprint density at radius 2 is 1.96 bits per heavy atom. The van der Waals surface area contributed by atoms with Crippen LogP contribution in [0.1, 0.15) is 30.1 Å². The van der Waals surface area contributed by atoms with Gasteiger partial charge >= 0.3 is 0 Å². The molecule has 0 saturated carbocycles. The summed E-state index contributed by atoms with van der Waals surface area (Å²) < 4.78 is 5.74. The Morgan fingerprint density at radius 1 is 1.21 bits per heavy atom. The van der Waals surface area contributed by atoms with Gasteiger partial charge in [0.1, 0.15) is 5.75 Å². The monoisotopic (exact) mass is 342 g/mol. The van der Waals surface area contributed by atoms with Crippen LogP contribution in [0.25, 0.3) is 0 Å². The number of fused-ring (bicyclic) bond motifs is 3. The maximum absolute atomic E-state index is 12.6. The van der Waals surface area contributed by atoms with Crippen molar-refractivity contribution in [2.75, 3.05) is 13.1 Å². The molecular weight excluding hydrogens is 320 g/mol. The molecule has 5 heteroatoms. The van der Waals surface area contributed by atoms with Crippen LogP contribution >= 0.6 is 11.3 Å². The Balaban J connectivity index is 1.41. The molecule has 2 bridgehead atoms. The zero-order valence-corrected chi connectivity index (χ0v) is 14.6. The number of thiophene rings is 1. The Bertz CT molecular complexity index is 689. The molecule has 1 aromatic carbocycles. The normalized spacial score (nSPS) is 28.5. The first-order chi connectivity index (χ1) is 11.7. The highest BCUT2D eigenvalue weighted by atomic mass is 32.1. The number of ether oxygens (including phenoxy) is 1. The van der Waals surface area contributed by atoms with Gasteiger partial charge in [0.2, 0.25) is 0 Å². The van der Waals surface area contributed by atoms with Crippen LogP contribution in [-0.2, 0) is 0 Å². The number of rotatable bonds is 4. The van der Waals surface area contributed by atoms with E-state index in [9.17, 15) is 4.79 Å². The molecule has 3 aliphatic rings. The topological polar surface area (TPSA) is 41.6 Å². The average Bonchev–Trinajstić information content (AvgIpc) is 3.12. The summed E-state index contributed by atoms with van der Waals surface area (Å²) in [7, 11) is 0. The summed E-state index contributed by atoms with van der Waals surface area (Å²) in [5.74, 6) is 1.39. The third-order valence-corrected chi connectivity index (χ3v) is 6.05. The van der Waals surface area contributed by atoms with E-state index in [1.54, 1.807) is 11.3 Å². The molecule has 0 radical (unpaired) electrons. The van der Waals surface area contributed by atoms with Crippen LogP contribution in [0.5, 0.6) is 10.8 Å². The van der Waals surface area contributed by atoms with Crippen molar-refractivity contribution in [1.29, 1.82) is 0 Å². The summed E-state index contributed by atoms with van der Waals surface area (Å²) >= 11 is 1.55. The Kier molecular flexibility index (Phi) is 4.29. The van der Waals surface area contributed by atoms with Crippen LogP contribution in [0, 0.1) is 5.92 Å². The molecule has 4 heterocycles. The van der Waals surface area contributed by atoms with E-state index in [2.05, 4.69) is 17.1 Å². The first kappa shape index (κ1) is 15.7. The summed E-state index contributed by atoms with van der Waals surface area (Å²) in [5, 5.41) is 6.10. The van der Waals surface area contributed by atoms with Gasteiger partial charge in [-0.05, 0) is 80.6 Å². The minimum Gasteiger partial charge on any atom is -0.447 e. The van der Waals surface area contributed by atoms with Gasteiger partial charge in [0, 0.05) is 17.6 Å². The Morgan fingerprint density at radius 3 is 2.58 bits per heavy atom. The molecule has 3 aliphatic heterocycles. The van der Waals surface area contributed by atoms with Gasteiger partial charge < -0.3 is 10.1 Å². The summed E-state index contributed by atoms with van der Waals surface area (Å²) in [4.78, 5) is 15.1. The average molecular weight is 342 g/mol. The third-order valence-electron chi connectivity index (χ3n) is 5.31. The molecule has 2 atom stereocenters. The van der Waals surface area contributed by atoms with Crippen molar-refractivity contribution in [3.63, 3.8) is 0 Å². The molecule has 3 fully saturated rings. The summed E-state index contributed by atoms with van der Waals surface area (Å²) in [6.45, 7) is 4.58. The standard InChI is InChI=1S/C19H22N2O2S/c1-13-18(14-8-10-21(13)11-9-14)20-19(22)15-4-6-16(7-5-15)23-17-3-2-12-24-17/h2-7,12-14,18H,8-11H2,1H3,(H,20,22). The molecule has 0 spiro atoms. The predicted octanol–water partition coefficient (Wildman–Crippen LogP) is 3.75. The second kappa shape index (κ2) is 6.57. The third kappa shape index (κ3) is 3.06. The van der Waals surface area contributed by atoms with E-state index in [1.807, 2.05) is 41.8 Å². The van der Waals surface area contributed by atoms with Gasteiger partial charge in [-0.25, -0.2) is 0 Å². The van der Waals surface area contributed by atoms with Gasteiger partial charge in [0.15, 0.2) is 5.06 Å². The lowest BCUT2D eigenvalue weighted by atomic mass is 9.79. The highest BCUT2D eigenvalue weighted by Crippen LogP contribution is 2.32. The smallest absolute Gasteiger partial charge is 0.251 e. The molecular formula is C19H22N2O2S. The van der Waals surface area contributed by atoms with Crippen LogP contribution < -0.4 is 10.1 Å². The maximum Gasteiger partial charge on any atom is 0.251 e. The van der Waals surface area contributed by atoms with Crippen LogP contribution in [0.3, 0.4) is 0 Å². The van der Waals surface area contributed by atoms with E-state index in [4.69, 9.17) is 4.74 Å². The van der Waals surface area contributed by atoms with E-state index >= 15 is 0 Å². The van der Waals surface area contributed by atoms with Gasteiger partial charge in [0.05, 0.1) is 0 Å². The highest BCUT2D eigenvalue weighted by Gasteiger charge is 2.40. The van der Waals surface area contributed by atoms with Crippen molar-refractivity contribution in [3.05, 3.63) is 47.3 Å². The van der Waals surface area contributed by atoms with E-state index in [0.717, 1.165) is 10.8 Å². The summed E-state index contributed by atoms with van der Waals surface area (Å²) in [6, 6.07) is 12.0. The molecule has 1 amide bonds. The largest absolute Gasteiger partial charge is 0.447 e. The maximum atomic E-state index is 12.6. The van der Waals surface area contributed by atoms with Crippen molar-refractivity contribution in [2.45, 2.75) is 31.8 Å². The Hall–Kier alpha value is -1.85. The van der Waals surface area contributed by atoms with Crippen LogP contribution in [-0.4, -0.2) is 36.0 Å². The number of nitrogens with one attached hydrogen (secondary N) is 1. The zero-order valence-electron chi connectivity index (χ0n) is 13.8. The van der Waals surface area contributed by atoms with Gasteiger partial charge in [-0.1, -0.05) is 0 Å². The molecule has 24 heavy (non-hydrogen) atoms. The number of nitrogens with zero attached hydrogens (tertiary/aromatic N) is 1. The van der Waals surface area contributed by atoms with E-state index in [0.29, 0.717) is 17.5 Å². The number of carbonyl (C=O) groups is 1. The second-order valence-electron chi connectivity index (χ2n) is 6.67. The molecule has 4 nitrogen and oxygen atoms in total. The lowest BCUT2D eigenvalue weighted by Gasteiger charge is -2.49. The molecule has 1 N–H and O–H groups in total. The minimum absolute atomic E-state index is 0.0169. The van der Waals surface area contributed by atoms with Gasteiger partial charge in [-0.2, -0.15) is 0 Å². The fourth-order valence-electron chi connectivity index (χ4n) is 3.89. The molecule has 5 rings (SSSR count). The minimum atomic E-state index is 0.0169. The summed E-state index contributed by atoms with van der Waals surface area (Å²) in [5.41, 5.74) is 0.692. The molecule has 0 aliphatic carbocycles. The van der Waals surface area contributed by atoms with Crippen LogP contribution in [0.15, 0.2) is 41.8 Å². The molecule has 126 valence electrons. The zero-order chi connectivity index (χ0) is 16.5. The number of benzene rings is 1. The number of hydrogen-bond acceptors (Lipinski definition) is 4. The molecule has 2 aromatic rings. The fraction of sp³-hybridized carbons (Fsp3) is 0.421. The van der Waals surface area contributed by atoms with Gasteiger partial charge in [-0.3, -0.25) is 9.69 Å². The fourth-order valence-corrected chi connectivity index (χ4v) is 4.48. The number of amides is 1. The number of carbonyl (C=O) groups excluding carboxylic acids is 1. The highest BCUT2D eigenvalue weighted by molar-refractivity contribution is 7.11. The number of piperidine rings is 3. The van der Waals surface area contributed by atoms with E-state index < -0.39 is 0 Å². The first-order valence-electron chi connectivity index (χ1n) is 8.57. The van der Waals surface area contributed by atoms with Gasteiger partial charge in [0.25, 0.3) is 5.91 Å². The second-order valence-corrected chi connectivity index (χ2v) is 7.58. The summed E-state index contributed by atoms with van der Waals surface area (Å²) in [6.07, 6.45) is 2.39. The van der Waals surface area contributed by atoms with E-state index in [1.165, 1.54) is 25.9 Å². The predicted molar refractivity (Wildman–Crippen MR) is 95.8 cm³/mol. The van der Waals surface area contributed by atoms with Crippen molar-refractivity contribution >= 4 is 17.2 Å². The molecule has 1 aromatic heterocycles.